The van der Waals surface area contributed by atoms with Gasteiger partial charge in [0.05, 0.1) is 0 Å². The van der Waals surface area contributed by atoms with E-state index in [4.69, 9.17) is 5.73 Å². The van der Waals surface area contributed by atoms with E-state index in [1.165, 1.54) is 6.07 Å². The summed E-state index contributed by atoms with van der Waals surface area (Å²) in [5.41, 5.74) is 7.19. The van der Waals surface area contributed by atoms with Crippen LogP contribution in [0.4, 0.5) is 4.39 Å². The second-order valence-corrected chi connectivity index (χ2v) is 6.32. The third-order valence-corrected chi connectivity index (χ3v) is 4.06. The molecule has 2 unspecified atom stereocenters. The third kappa shape index (κ3) is 2.46. The van der Waals surface area contributed by atoms with Gasteiger partial charge in [0.2, 0.25) is 0 Å². The predicted molar refractivity (Wildman–Crippen MR) is 67.7 cm³/mol. The Morgan fingerprint density at radius 3 is 2.75 bits per heavy atom. The molecule has 2 N–H and O–H groups in total. The van der Waals surface area contributed by atoms with E-state index in [2.05, 4.69) is 29.8 Å². The Morgan fingerprint density at radius 1 is 1.56 bits per heavy atom. The molecule has 1 saturated carbocycles. The lowest BCUT2D eigenvalue weighted by Crippen LogP contribution is -2.27. The molecule has 3 heteroatoms. The lowest BCUT2D eigenvalue weighted by atomic mass is 9.98. The molecule has 88 valence electrons. The fourth-order valence-corrected chi connectivity index (χ4v) is 2.74. The van der Waals surface area contributed by atoms with Gasteiger partial charge < -0.3 is 5.73 Å². The molecule has 0 spiro atoms. The van der Waals surface area contributed by atoms with Crippen LogP contribution >= 0.6 is 15.9 Å². The highest BCUT2D eigenvalue weighted by molar-refractivity contribution is 9.10. The molecule has 16 heavy (non-hydrogen) atoms. The maximum absolute atomic E-state index is 13.5. The largest absolute Gasteiger partial charge is 0.327 e. The van der Waals surface area contributed by atoms with Crippen LogP contribution in [0.5, 0.6) is 0 Å². The highest BCUT2D eigenvalue weighted by atomic mass is 79.9. The summed E-state index contributed by atoms with van der Waals surface area (Å²) in [6.45, 7) is 4.43. The monoisotopic (exact) mass is 285 g/mol. The van der Waals surface area contributed by atoms with Crippen LogP contribution in [0, 0.1) is 17.2 Å². The molecular weight excluding hydrogens is 269 g/mol. The first kappa shape index (κ1) is 12.1. The van der Waals surface area contributed by atoms with Crippen molar-refractivity contribution in [3.63, 3.8) is 0 Å². The van der Waals surface area contributed by atoms with Crippen LogP contribution in [-0.4, -0.2) is 6.04 Å². The summed E-state index contributed by atoms with van der Waals surface area (Å²) in [6, 6.07) is 5.10. The molecule has 1 aliphatic rings. The average molecular weight is 286 g/mol. The molecular formula is C13H17BrFN. The van der Waals surface area contributed by atoms with E-state index in [-0.39, 0.29) is 11.9 Å². The van der Waals surface area contributed by atoms with Gasteiger partial charge in [-0.15, -0.1) is 0 Å². The number of halogens is 2. The van der Waals surface area contributed by atoms with Crippen LogP contribution < -0.4 is 5.73 Å². The zero-order valence-corrected chi connectivity index (χ0v) is 11.2. The fourth-order valence-electron chi connectivity index (χ4n) is 2.33. The second kappa shape index (κ2) is 4.11. The van der Waals surface area contributed by atoms with Crippen molar-refractivity contribution in [3.8, 4) is 0 Å². The molecule has 1 aliphatic carbocycles. The molecule has 0 saturated heterocycles. The molecule has 0 amide bonds. The molecule has 1 nitrogen and oxygen atoms in total. The van der Waals surface area contributed by atoms with E-state index < -0.39 is 0 Å². The summed E-state index contributed by atoms with van der Waals surface area (Å²) < 4.78 is 14.4. The Balaban J connectivity index is 2.06. The van der Waals surface area contributed by atoms with Crippen LogP contribution in [0.2, 0.25) is 0 Å². The van der Waals surface area contributed by atoms with Gasteiger partial charge in [0.1, 0.15) is 5.82 Å². The van der Waals surface area contributed by atoms with Crippen LogP contribution in [0.3, 0.4) is 0 Å². The van der Waals surface area contributed by atoms with Crippen LogP contribution in [-0.2, 0) is 6.42 Å². The molecule has 0 heterocycles. The maximum atomic E-state index is 13.5. The minimum atomic E-state index is -0.155. The first-order chi connectivity index (χ1) is 7.40. The summed E-state index contributed by atoms with van der Waals surface area (Å²) in [4.78, 5) is 0. The number of hydrogen-bond acceptors (Lipinski definition) is 1. The Kier molecular flexibility index (Phi) is 3.10. The lowest BCUT2D eigenvalue weighted by Gasteiger charge is -2.14. The summed E-state index contributed by atoms with van der Waals surface area (Å²) >= 11 is 3.35. The Hall–Kier alpha value is -0.410. The summed E-state index contributed by atoms with van der Waals surface area (Å²) in [6.07, 6.45) is 1.78. The van der Waals surface area contributed by atoms with Gasteiger partial charge in [-0.3, -0.25) is 0 Å². The molecule has 0 radical (unpaired) electrons. The normalized spacial score (nSPS) is 24.2. The fraction of sp³-hybridized carbons (Fsp3) is 0.538. The highest BCUT2D eigenvalue weighted by Gasteiger charge is 2.48. The maximum Gasteiger partial charge on any atom is 0.126 e. The smallest absolute Gasteiger partial charge is 0.126 e. The highest BCUT2D eigenvalue weighted by Crippen LogP contribution is 2.53. The van der Waals surface area contributed by atoms with Gasteiger partial charge in [0.25, 0.3) is 0 Å². The second-order valence-electron chi connectivity index (χ2n) is 5.40. The summed E-state index contributed by atoms with van der Waals surface area (Å²) in [7, 11) is 0. The zero-order valence-electron chi connectivity index (χ0n) is 9.63. The van der Waals surface area contributed by atoms with Crippen molar-refractivity contribution in [3.05, 3.63) is 34.1 Å². The SMILES string of the molecule is CC1(C)CC1C(N)Cc1cc(Br)ccc1F. The van der Waals surface area contributed by atoms with Crippen molar-refractivity contribution < 1.29 is 4.39 Å². The Bertz CT molecular complexity index is 403. The summed E-state index contributed by atoms with van der Waals surface area (Å²) in [5, 5.41) is 0. The first-order valence-corrected chi connectivity index (χ1v) is 6.39. The predicted octanol–water partition coefficient (Wildman–Crippen LogP) is 3.50. The third-order valence-electron chi connectivity index (χ3n) is 3.57. The average Bonchev–Trinajstić information content (AvgIpc) is 2.82. The van der Waals surface area contributed by atoms with Crippen LogP contribution in [0.25, 0.3) is 0 Å². The number of hydrogen-bond donors (Lipinski definition) is 1. The van der Waals surface area contributed by atoms with Gasteiger partial charge in [-0.1, -0.05) is 29.8 Å². The van der Waals surface area contributed by atoms with Crippen molar-refractivity contribution in [2.45, 2.75) is 32.7 Å². The van der Waals surface area contributed by atoms with Gasteiger partial charge in [-0.25, -0.2) is 4.39 Å². The van der Waals surface area contributed by atoms with E-state index >= 15 is 0 Å². The number of benzene rings is 1. The van der Waals surface area contributed by atoms with E-state index in [0.29, 0.717) is 23.3 Å². The first-order valence-electron chi connectivity index (χ1n) is 5.59. The van der Waals surface area contributed by atoms with Crippen molar-refractivity contribution in [1.82, 2.24) is 0 Å². The van der Waals surface area contributed by atoms with Crippen molar-refractivity contribution in [2.75, 3.05) is 0 Å². The van der Waals surface area contributed by atoms with Crippen LogP contribution in [0.1, 0.15) is 25.8 Å². The Morgan fingerprint density at radius 2 is 2.19 bits per heavy atom. The minimum absolute atomic E-state index is 0.0683. The zero-order chi connectivity index (χ0) is 11.9. The molecule has 0 bridgehead atoms. The molecule has 2 rings (SSSR count). The molecule has 1 aromatic rings. The van der Waals surface area contributed by atoms with E-state index in [1.54, 1.807) is 6.07 Å². The van der Waals surface area contributed by atoms with Gasteiger partial charge in [-0.05, 0) is 47.9 Å². The van der Waals surface area contributed by atoms with Gasteiger partial charge in [0, 0.05) is 10.5 Å². The number of nitrogens with two attached hydrogens (primary N) is 1. The van der Waals surface area contributed by atoms with Gasteiger partial charge in [-0.2, -0.15) is 0 Å². The molecule has 0 aromatic heterocycles. The van der Waals surface area contributed by atoms with Crippen molar-refractivity contribution in [2.24, 2.45) is 17.1 Å². The summed E-state index contributed by atoms with van der Waals surface area (Å²) in [5.74, 6) is 0.378. The molecule has 0 aliphatic heterocycles. The van der Waals surface area contributed by atoms with Gasteiger partial charge >= 0.3 is 0 Å². The van der Waals surface area contributed by atoms with E-state index in [9.17, 15) is 4.39 Å². The topological polar surface area (TPSA) is 26.0 Å². The van der Waals surface area contributed by atoms with E-state index in [1.807, 2.05) is 6.07 Å². The quantitative estimate of drug-likeness (QED) is 0.904. The number of rotatable bonds is 3. The molecule has 1 fully saturated rings. The van der Waals surface area contributed by atoms with Crippen molar-refractivity contribution >= 4 is 15.9 Å². The molecule has 1 aromatic carbocycles. The van der Waals surface area contributed by atoms with Gasteiger partial charge in [0.15, 0.2) is 0 Å². The van der Waals surface area contributed by atoms with E-state index in [0.717, 1.165) is 10.9 Å². The Labute approximate surface area is 104 Å². The standard InChI is InChI=1S/C13H17BrFN/c1-13(2)7-10(13)12(16)6-8-5-9(14)3-4-11(8)15/h3-5,10,12H,6-7,16H2,1-2H3. The molecule has 2 atom stereocenters. The van der Waals surface area contributed by atoms with Crippen LogP contribution in [0.15, 0.2) is 22.7 Å². The van der Waals surface area contributed by atoms with Crippen molar-refractivity contribution in [1.29, 1.82) is 0 Å². The lowest BCUT2D eigenvalue weighted by molar-refractivity contribution is 0.469. The minimum Gasteiger partial charge on any atom is -0.327 e.